The predicted octanol–water partition coefficient (Wildman–Crippen LogP) is 3.10. The Morgan fingerprint density at radius 1 is 1.15 bits per heavy atom. The van der Waals surface area contributed by atoms with Crippen molar-refractivity contribution in [2.75, 3.05) is 13.1 Å². The Labute approximate surface area is 104 Å². The number of hydrogen-bond acceptors (Lipinski definition) is 1. The van der Waals surface area contributed by atoms with Crippen molar-refractivity contribution >= 4 is 29.2 Å². The van der Waals surface area contributed by atoms with Crippen LogP contribution in [-0.2, 0) is 17.1 Å². The van der Waals surface area contributed by atoms with E-state index in [1.165, 1.54) is 25.7 Å². The second-order valence-electron chi connectivity index (χ2n) is 2.98. The monoisotopic (exact) mass is 260 g/mol. The zero-order valence-corrected chi connectivity index (χ0v) is 11.3. The molecule has 1 radical (unpaired) electrons. The zero-order valence-electron chi connectivity index (χ0n) is 8.42. The molecule has 0 rings (SSSR count). The molecular weight excluding hydrogens is 241 g/mol. The summed E-state index contributed by atoms with van der Waals surface area (Å²) in [4.78, 5) is 2.19. The summed E-state index contributed by atoms with van der Waals surface area (Å²) < 4.78 is 0.747. The summed E-state index contributed by atoms with van der Waals surface area (Å²) in [6.45, 7) is 6.52. The molecule has 0 amide bonds. The molecule has 1 nitrogen and oxygen atoms in total. The van der Waals surface area contributed by atoms with Crippen LogP contribution in [0.2, 0.25) is 0 Å². The van der Waals surface area contributed by atoms with Crippen LogP contribution in [0.15, 0.2) is 0 Å². The molecule has 4 heteroatoms. The Hall–Kier alpha value is 0.759. The fourth-order valence-corrected chi connectivity index (χ4v) is 1.38. The first-order valence-electron chi connectivity index (χ1n) is 4.70. The van der Waals surface area contributed by atoms with Gasteiger partial charge in [0.1, 0.15) is 4.32 Å². The van der Waals surface area contributed by atoms with Gasteiger partial charge in [0.15, 0.2) is 0 Å². The summed E-state index contributed by atoms with van der Waals surface area (Å²) >= 11 is 9.23. The third kappa shape index (κ3) is 9.07. The first-order valence-corrected chi connectivity index (χ1v) is 5.55. The minimum absolute atomic E-state index is 0. The molecule has 0 aliphatic heterocycles. The molecule has 0 aromatic rings. The van der Waals surface area contributed by atoms with Gasteiger partial charge in [-0.05, 0) is 12.8 Å². The van der Waals surface area contributed by atoms with E-state index in [1.807, 2.05) is 0 Å². The number of thiol groups is 1. The molecule has 0 fully saturated rings. The van der Waals surface area contributed by atoms with E-state index in [0.29, 0.717) is 0 Å². The van der Waals surface area contributed by atoms with Crippen molar-refractivity contribution < 1.29 is 17.1 Å². The molecule has 0 saturated carbocycles. The molecule has 0 heterocycles. The van der Waals surface area contributed by atoms with Crippen LogP contribution >= 0.6 is 24.8 Å². The molecule has 79 valence electrons. The van der Waals surface area contributed by atoms with Gasteiger partial charge in [0.05, 0.1) is 0 Å². The van der Waals surface area contributed by atoms with Crippen LogP contribution < -0.4 is 0 Å². The molecule has 0 saturated heterocycles. The van der Waals surface area contributed by atoms with Crippen molar-refractivity contribution in [3.8, 4) is 0 Å². The Bertz CT molecular complexity index is 123. The van der Waals surface area contributed by atoms with E-state index in [0.717, 1.165) is 17.4 Å². The molecule has 0 N–H and O–H groups in total. The molecule has 0 aromatic heterocycles. The normalized spacial score (nSPS) is 9.15. The topological polar surface area (TPSA) is 3.24 Å². The molecule has 0 atom stereocenters. The summed E-state index contributed by atoms with van der Waals surface area (Å²) in [5, 5.41) is 0. The van der Waals surface area contributed by atoms with Crippen LogP contribution in [0.4, 0.5) is 0 Å². The van der Waals surface area contributed by atoms with Gasteiger partial charge in [-0.1, -0.05) is 38.9 Å². The van der Waals surface area contributed by atoms with E-state index < -0.39 is 0 Å². The van der Waals surface area contributed by atoms with Crippen LogP contribution in [0.3, 0.4) is 0 Å². The van der Waals surface area contributed by atoms with Crippen LogP contribution in [0.25, 0.3) is 0 Å². The van der Waals surface area contributed by atoms with E-state index in [4.69, 9.17) is 12.2 Å². The second kappa shape index (κ2) is 10.8. The van der Waals surface area contributed by atoms with Crippen molar-refractivity contribution in [1.29, 1.82) is 0 Å². The summed E-state index contributed by atoms with van der Waals surface area (Å²) in [6.07, 6.45) is 4.87. The maximum Gasteiger partial charge on any atom is 0.133 e. The van der Waals surface area contributed by atoms with Gasteiger partial charge >= 0.3 is 0 Å². The SMILES string of the molecule is CCCCN(CCCC)C(=S)S.[Mn]. The van der Waals surface area contributed by atoms with Gasteiger partial charge in [0.2, 0.25) is 0 Å². The number of thiocarbonyl (C=S) groups is 1. The van der Waals surface area contributed by atoms with Crippen molar-refractivity contribution in [1.82, 2.24) is 4.90 Å². The van der Waals surface area contributed by atoms with E-state index in [2.05, 4.69) is 31.4 Å². The maximum atomic E-state index is 5.03. The second-order valence-corrected chi connectivity index (χ2v) is 4.09. The summed E-state index contributed by atoms with van der Waals surface area (Å²) in [5.41, 5.74) is 0. The Morgan fingerprint density at radius 3 is 1.77 bits per heavy atom. The molecular formula is C9H19MnNS2. The van der Waals surface area contributed by atoms with Crippen LogP contribution in [0.5, 0.6) is 0 Å². The summed E-state index contributed by atoms with van der Waals surface area (Å²) in [7, 11) is 0. The van der Waals surface area contributed by atoms with Gasteiger partial charge < -0.3 is 4.90 Å². The first kappa shape index (κ1) is 16.2. The van der Waals surface area contributed by atoms with Crippen molar-refractivity contribution in [2.24, 2.45) is 0 Å². The third-order valence-corrected chi connectivity index (χ3v) is 2.37. The van der Waals surface area contributed by atoms with Gasteiger partial charge in [-0.3, -0.25) is 0 Å². The fourth-order valence-electron chi connectivity index (χ4n) is 1.00. The van der Waals surface area contributed by atoms with Crippen LogP contribution in [0, 0.1) is 0 Å². The standard InChI is InChI=1S/C9H19NS2.Mn/c1-3-5-7-10(9(11)12)8-6-4-2;/h3-8H2,1-2H3,(H,11,12);. The van der Waals surface area contributed by atoms with Crippen molar-refractivity contribution in [2.45, 2.75) is 39.5 Å². The maximum absolute atomic E-state index is 5.03. The van der Waals surface area contributed by atoms with Gasteiger partial charge in [0.25, 0.3) is 0 Å². The predicted molar refractivity (Wildman–Crippen MR) is 63.0 cm³/mol. The fraction of sp³-hybridized carbons (Fsp3) is 0.889. The number of hydrogen-bond donors (Lipinski definition) is 1. The minimum atomic E-state index is 0. The van der Waals surface area contributed by atoms with E-state index in [-0.39, 0.29) is 17.1 Å². The van der Waals surface area contributed by atoms with Gasteiger partial charge in [-0.2, -0.15) is 0 Å². The van der Waals surface area contributed by atoms with Gasteiger partial charge in [-0.25, -0.2) is 0 Å². The average molecular weight is 260 g/mol. The quantitative estimate of drug-likeness (QED) is 0.444. The molecule has 0 aliphatic carbocycles. The Balaban J connectivity index is 0. The molecule has 0 aliphatic rings. The number of unbranched alkanes of at least 4 members (excludes halogenated alkanes) is 2. The van der Waals surface area contributed by atoms with E-state index in [9.17, 15) is 0 Å². The Kier molecular flexibility index (Phi) is 13.5. The van der Waals surface area contributed by atoms with Gasteiger partial charge in [0, 0.05) is 30.2 Å². The van der Waals surface area contributed by atoms with Crippen LogP contribution in [-0.4, -0.2) is 22.3 Å². The summed E-state index contributed by atoms with van der Waals surface area (Å²) in [5.74, 6) is 0. The van der Waals surface area contributed by atoms with Gasteiger partial charge in [-0.15, -0.1) is 12.6 Å². The van der Waals surface area contributed by atoms with Crippen LogP contribution in [0.1, 0.15) is 39.5 Å². The third-order valence-electron chi connectivity index (χ3n) is 1.83. The molecule has 0 bridgehead atoms. The number of rotatable bonds is 6. The largest absolute Gasteiger partial charge is 0.358 e. The minimum Gasteiger partial charge on any atom is -0.358 e. The van der Waals surface area contributed by atoms with Crippen molar-refractivity contribution in [3.05, 3.63) is 0 Å². The van der Waals surface area contributed by atoms with E-state index in [1.54, 1.807) is 0 Å². The first-order chi connectivity index (χ1) is 5.72. The molecule has 0 unspecified atom stereocenters. The van der Waals surface area contributed by atoms with Crippen molar-refractivity contribution in [3.63, 3.8) is 0 Å². The number of nitrogens with zero attached hydrogens (tertiary/aromatic N) is 1. The Morgan fingerprint density at radius 2 is 1.54 bits per heavy atom. The molecule has 0 spiro atoms. The smallest absolute Gasteiger partial charge is 0.133 e. The molecule has 13 heavy (non-hydrogen) atoms. The molecule has 0 aromatic carbocycles. The summed E-state index contributed by atoms with van der Waals surface area (Å²) in [6, 6.07) is 0. The van der Waals surface area contributed by atoms with E-state index >= 15 is 0 Å². The zero-order chi connectivity index (χ0) is 9.40. The average Bonchev–Trinajstić information content (AvgIpc) is 2.04.